The molecule has 1 fully saturated rings. The molecular formula is C13H15FN2O2. The molecule has 1 saturated carbocycles. The molecule has 5 heteroatoms. The predicted octanol–water partition coefficient (Wildman–Crippen LogP) is 1.22. The lowest BCUT2D eigenvalue weighted by Gasteiger charge is -2.06. The second-order valence-electron chi connectivity index (χ2n) is 4.33. The number of carbonyl (C=O) groups excluding carboxylic acids is 2. The van der Waals surface area contributed by atoms with Gasteiger partial charge in [-0.3, -0.25) is 9.59 Å². The molecule has 18 heavy (non-hydrogen) atoms. The van der Waals surface area contributed by atoms with Gasteiger partial charge >= 0.3 is 0 Å². The number of nitrogens with one attached hydrogen (secondary N) is 2. The SMILES string of the molecule is O=C(CCNC(=O)c1ccccc1F)NC1CC1. The molecule has 2 rings (SSSR count). The Kier molecular flexibility index (Phi) is 3.92. The molecule has 0 atom stereocenters. The smallest absolute Gasteiger partial charge is 0.254 e. The number of rotatable bonds is 5. The summed E-state index contributed by atoms with van der Waals surface area (Å²) in [4.78, 5) is 22.9. The second-order valence-corrected chi connectivity index (χ2v) is 4.33. The molecule has 96 valence electrons. The van der Waals surface area contributed by atoms with Crippen LogP contribution in [0.3, 0.4) is 0 Å². The van der Waals surface area contributed by atoms with Crippen LogP contribution in [0, 0.1) is 5.82 Å². The average Bonchev–Trinajstić information content (AvgIpc) is 3.13. The van der Waals surface area contributed by atoms with Crippen LogP contribution in [0.2, 0.25) is 0 Å². The van der Waals surface area contributed by atoms with Crippen molar-refractivity contribution in [2.24, 2.45) is 0 Å². The molecule has 0 saturated heterocycles. The van der Waals surface area contributed by atoms with Crippen LogP contribution in [-0.2, 0) is 4.79 Å². The van der Waals surface area contributed by atoms with Gasteiger partial charge in [0.05, 0.1) is 5.56 Å². The maximum Gasteiger partial charge on any atom is 0.254 e. The van der Waals surface area contributed by atoms with Crippen molar-refractivity contribution in [3.05, 3.63) is 35.6 Å². The van der Waals surface area contributed by atoms with Gasteiger partial charge < -0.3 is 10.6 Å². The van der Waals surface area contributed by atoms with Crippen LogP contribution in [0.5, 0.6) is 0 Å². The Morgan fingerprint density at radius 3 is 2.67 bits per heavy atom. The molecule has 1 aliphatic carbocycles. The summed E-state index contributed by atoms with van der Waals surface area (Å²) in [5.41, 5.74) is 0.0000936. The summed E-state index contributed by atoms with van der Waals surface area (Å²) < 4.78 is 13.3. The number of amides is 2. The van der Waals surface area contributed by atoms with Crippen molar-refractivity contribution >= 4 is 11.8 Å². The van der Waals surface area contributed by atoms with Crippen LogP contribution in [0.4, 0.5) is 4.39 Å². The Morgan fingerprint density at radius 1 is 1.28 bits per heavy atom. The third-order valence-corrected chi connectivity index (χ3v) is 2.70. The summed E-state index contributed by atoms with van der Waals surface area (Å²) in [6.07, 6.45) is 2.29. The van der Waals surface area contributed by atoms with Crippen LogP contribution in [0.1, 0.15) is 29.6 Å². The molecule has 0 unspecified atom stereocenters. The lowest BCUT2D eigenvalue weighted by atomic mass is 10.2. The van der Waals surface area contributed by atoms with E-state index in [1.165, 1.54) is 18.2 Å². The predicted molar refractivity (Wildman–Crippen MR) is 64.5 cm³/mol. The van der Waals surface area contributed by atoms with Gasteiger partial charge in [0.15, 0.2) is 0 Å². The number of benzene rings is 1. The Hall–Kier alpha value is -1.91. The van der Waals surface area contributed by atoms with E-state index in [0.29, 0.717) is 6.04 Å². The van der Waals surface area contributed by atoms with Crippen molar-refractivity contribution < 1.29 is 14.0 Å². The van der Waals surface area contributed by atoms with Gasteiger partial charge in [-0.05, 0) is 25.0 Å². The topological polar surface area (TPSA) is 58.2 Å². The van der Waals surface area contributed by atoms with Gasteiger partial charge in [0, 0.05) is 19.0 Å². The molecule has 1 aliphatic rings. The fourth-order valence-corrected chi connectivity index (χ4v) is 1.56. The lowest BCUT2D eigenvalue weighted by Crippen LogP contribution is -2.32. The van der Waals surface area contributed by atoms with E-state index in [4.69, 9.17) is 0 Å². The van der Waals surface area contributed by atoms with Crippen LogP contribution in [-0.4, -0.2) is 24.4 Å². The second kappa shape index (κ2) is 5.62. The van der Waals surface area contributed by atoms with Crippen LogP contribution in [0.25, 0.3) is 0 Å². The monoisotopic (exact) mass is 250 g/mol. The highest BCUT2D eigenvalue weighted by atomic mass is 19.1. The minimum absolute atomic E-state index is 0.0000936. The van der Waals surface area contributed by atoms with E-state index in [9.17, 15) is 14.0 Å². The standard InChI is InChI=1S/C13H15FN2O2/c14-11-4-2-1-3-10(11)13(18)15-8-7-12(17)16-9-5-6-9/h1-4,9H,5-8H2,(H,15,18)(H,16,17). The first kappa shape index (κ1) is 12.5. The van der Waals surface area contributed by atoms with Gasteiger partial charge in [-0.1, -0.05) is 12.1 Å². The van der Waals surface area contributed by atoms with E-state index in [0.717, 1.165) is 12.8 Å². The molecule has 1 aromatic carbocycles. The van der Waals surface area contributed by atoms with E-state index in [1.807, 2.05) is 0 Å². The molecule has 0 radical (unpaired) electrons. The number of hydrogen-bond donors (Lipinski definition) is 2. The molecule has 1 aromatic rings. The third-order valence-electron chi connectivity index (χ3n) is 2.70. The van der Waals surface area contributed by atoms with Crippen molar-refractivity contribution in [1.29, 1.82) is 0 Å². The van der Waals surface area contributed by atoms with Crippen LogP contribution in [0.15, 0.2) is 24.3 Å². The highest BCUT2D eigenvalue weighted by Gasteiger charge is 2.22. The van der Waals surface area contributed by atoms with Crippen molar-refractivity contribution in [3.63, 3.8) is 0 Å². The molecule has 0 aromatic heterocycles. The Morgan fingerprint density at radius 2 is 2.00 bits per heavy atom. The number of carbonyl (C=O) groups is 2. The maximum absolute atomic E-state index is 13.3. The van der Waals surface area contributed by atoms with Crippen molar-refractivity contribution in [3.8, 4) is 0 Å². The van der Waals surface area contributed by atoms with Gasteiger partial charge in [0.1, 0.15) is 5.82 Å². The van der Waals surface area contributed by atoms with Gasteiger partial charge in [0.25, 0.3) is 5.91 Å². The zero-order chi connectivity index (χ0) is 13.0. The summed E-state index contributed by atoms with van der Waals surface area (Å²) in [6.45, 7) is 0.214. The first-order chi connectivity index (χ1) is 8.66. The van der Waals surface area contributed by atoms with Crippen molar-refractivity contribution in [1.82, 2.24) is 10.6 Å². The molecule has 4 nitrogen and oxygen atoms in total. The average molecular weight is 250 g/mol. The molecule has 2 amide bonds. The molecule has 0 heterocycles. The van der Waals surface area contributed by atoms with Gasteiger partial charge in [0.2, 0.25) is 5.91 Å². The number of halogens is 1. The Labute approximate surface area is 105 Å². The van der Waals surface area contributed by atoms with E-state index >= 15 is 0 Å². The van der Waals surface area contributed by atoms with Gasteiger partial charge in [-0.25, -0.2) is 4.39 Å². The summed E-state index contributed by atoms with van der Waals surface area (Å²) in [5.74, 6) is -1.13. The zero-order valence-electron chi connectivity index (χ0n) is 9.91. The zero-order valence-corrected chi connectivity index (χ0v) is 9.91. The normalized spacial score (nSPS) is 14.1. The summed E-state index contributed by atoms with van der Waals surface area (Å²) in [7, 11) is 0. The molecule has 0 aliphatic heterocycles. The fraction of sp³-hybridized carbons (Fsp3) is 0.385. The Balaban J connectivity index is 1.74. The van der Waals surface area contributed by atoms with Gasteiger partial charge in [-0.2, -0.15) is 0 Å². The van der Waals surface area contributed by atoms with Crippen LogP contribution < -0.4 is 10.6 Å². The lowest BCUT2D eigenvalue weighted by molar-refractivity contribution is -0.121. The summed E-state index contributed by atoms with van der Waals surface area (Å²) in [5, 5.41) is 5.34. The molecular weight excluding hydrogens is 235 g/mol. The van der Waals surface area contributed by atoms with Crippen molar-refractivity contribution in [2.75, 3.05) is 6.54 Å². The first-order valence-electron chi connectivity index (χ1n) is 5.99. The summed E-state index contributed by atoms with van der Waals surface area (Å²) in [6, 6.07) is 6.08. The maximum atomic E-state index is 13.3. The third kappa shape index (κ3) is 3.55. The summed E-state index contributed by atoms with van der Waals surface area (Å²) >= 11 is 0. The molecule has 0 spiro atoms. The Bertz CT molecular complexity index is 458. The van der Waals surface area contributed by atoms with E-state index in [-0.39, 0.29) is 24.4 Å². The minimum atomic E-state index is -0.558. The van der Waals surface area contributed by atoms with E-state index in [2.05, 4.69) is 10.6 Å². The number of hydrogen-bond acceptors (Lipinski definition) is 2. The highest BCUT2D eigenvalue weighted by molar-refractivity contribution is 5.94. The minimum Gasteiger partial charge on any atom is -0.353 e. The quantitative estimate of drug-likeness (QED) is 0.825. The van der Waals surface area contributed by atoms with Crippen molar-refractivity contribution in [2.45, 2.75) is 25.3 Å². The fourth-order valence-electron chi connectivity index (χ4n) is 1.56. The first-order valence-corrected chi connectivity index (χ1v) is 5.99. The van der Waals surface area contributed by atoms with Crippen LogP contribution >= 0.6 is 0 Å². The van der Waals surface area contributed by atoms with Gasteiger partial charge in [-0.15, -0.1) is 0 Å². The van der Waals surface area contributed by atoms with E-state index in [1.54, 1.807) is 6.07 Å². The highest BCUT2D eigenvalue weighted by Crippen LogP contribution is 2.18. The molecule has 0 bridgehead atoms. The van der Waals surface area contributed by atoms with E-state index < -0.39 is 11.7 Å². The largest absolute Gasteiger partial charge is 0.353 e. The molecule has 2 N–H and O–H groups in total.